The van der Waals surface area contributed by atoms with Crippen LogP contribution >= 0.6 is 30.9 Å². The molecule has 90 valence electrons. The Kier molecular flexibility index (Phi) is 5.90. The molecule has 0 saturated carbocycles. The van der Waals surface area contributed by atoms with Crippen molar-refractivity contribution in [3.05, 3.63) is 0 Å². The van der Waals surface area contributed by atoms with Gasteiger partial charge >= 0.3 is 7.67 Å². The molecule has 1 fully saturated rings. The number of alkyl halides is 2. The lowest BCUT2D eigenvalue weighted by Gasteiger charge is -2.35. The highest BCUT2D eigenvalue weighted by atomic mass is 35.5. The second-order valence-electron chi connectivity index (χ2n) is 3.46. The van der Waals surface area contributed by atoms with Crippen LogP contribution in [0.3, 0.4) is 0 Å². The first-order valence-electron chi connectivity index (χ1n) is 5.03. The van der Waals surface area contributed by atoms with E-state index in [0.717, 1.165) is 6.42 Å². The highest BCUT2D eigenvalue weighted by molar-refractivity contribution is 7.54. The Morgan fingerprint density at radius 2 is 2.07 bits per heavy atom. The molecular formula is C8H17Cl2N2O2P. The lowest BCUT2D eigenvalue weighted by molar-refractivity contribution is 0.162. The topological polar surface area (TPSA) is 41.6 Å². The maximum atomic E-state index is 12.4. The third-order valence-corrected chi connectivity index (χ3v) is 4.99. The summed E-state index contributed by atoms with van der Waals surface area (Å²) in [6.45, 7) is 3.67. The molecule has 1 aliphatic rings. The van der Waals surface area contributed by atoms with Crippen LogP contribution in [0.4, 0.5) is 0 Å². The number of nitrogens with zero attached hydrogens (tertiary/aromatic N) is 1. The molecule has 0 aromatic heterocycles. The minimum Gasteiger partial charge on any atom is -0.303 e. The average molecular weight is 275 g/mol. The first kappa shape index (κ1) is 13.8. The second-order valence-corrected chi connectivity index (χ2v) is 6.35. The number of rotatable bonds is 5. The van der Waals surface area contributed by atoms with E-state index in [1.807, 2.05) is 6.92 Å². The number of hydrogen-bond donors (Lipinski definition) is 1. The Morgan fingerprint density at radius 3 is 2.53 bits per heavy atom. The zero-order chi connectivity index (χ0) is 11.3. The van der Waals surface area contributed by atoms with E-state index < -0.39 is 7.67 Å². The van der Waals surface area contributed by atoms with E-state index in [0.29, 0.717) is 31.4 Å². The maximum Gasteiger partial charge on any atom is 0.343 e. The molecule has 0 unspecified atom stereocenters. The van der Waals surface area contributed by atoms with Gasteiger partial charge in [0.25, 0.3) is 0 Å². The van der Waals surface area contributed by atoms with Crippen LogP contribution in [-0.4, -0.2) is 42.2 Å². The van der Waals surface area contributed by atoms with Gasteiger partial charge in [-0.2, -0.15) is 0 Å². The van der Waals surface area contributed by atoms with Gasteiger partial charge in [-0.05, 0) is 13.3 Å². The molecule has 0 aromatic carbocycles. The average Bonchev–Trinajstić information content (AvgIpc) is 2.17. The molecule has 1 N–H and O–H groups in total. The van der Waals surface area contributed by atoms with Crippen molar-refractivity contribution in [1.82, 2.24) is 9.76 Å². The van der Waals surface area contributed by atoms with Crippen molar-refractivity contribution in [2.24, 2.45) is 0 Å². The van der Waals surface area contributed by atoms with Crippen LogP contribution in [0.25, 0.3) is 0 Å². The summed E-state index contributed by atoms with van der Waals surface area (Å²) in [4.78, 5) is 0. The molecule has 0 aliphatic carbocycles. The van der Waals surface area contributed by atoms with E-state index in [4.69, 9.17) is 27.7 Å². The van der Waals surface area contributed by atoms with Gasteiger partial charge in [0.05, 0.1) is 6.10 Å². The summed E-state index contributed by atoms with van der Waals surface area (Å²) in [6.07, 6.45) is 0.893. The van der Waals surface area contributed by atoms with Gasteiger partial charge in [-0.25, -0.2) is 9.76 Å². The number of nitrogens with one attached hydrogen (secondary N) is 1. The summed E-state index contributed by atoms with van der Waals surface area (Å²) in [5.41, 5.74) is 0. The molecule has 15 heavy (non-hydrogen) atoms. The SMILES string of the molecule is C[C@@H]1CCN[P@@](=O)(N(CCCl)CCCl)O1. The molecule has 1 rings (SSSR count). The number of hydrogen-bond acceptors (Lipinski definition) is 2. The molecule has 1 heterocycles. The fourth-order valence-electron chi connectivity index (χ4n) is 1.48. The van der Waals surface area contributed by atoms with Gasteiger partial charge in [0.15, 0.2) is 0 Å². The third-order valence-electron chi connectivity index (χ3n) is 2.24. The maximum absolute atomic E-state index is 12.4. The molecule has 0 aromatic rings. The van der Waals surface area contributed by atoms with E-state index in [-0.39, 0.29) is 6.10 Å². The highest BCUT2D eigenvalue weighted by Gasteiger charge is 2.35. The lowest BCUT2D eigenvalue weighted by Crippen LogP contribution is -2.38. The van der Waals surface area contributed by atoms with Crippen molar-refractivity contribution >= 4 is 30.9 Å². The van der Waals surface area contributed by atoms with Crippen LogP contribution in [0.5, 0.6) is 0 Å². The Labute approximate surface area is 101 Å². The summed E-state index contributed by atoms with van der Waals surface area (Å²) < 4.78 is 19.6. The normalized spacial score (nSPS) is 32.1. The monoisotopic (exact) mass is 274 g/mol. The van der Waals surface area contributed by atoms with Crippen molar-refractivity contribution in [2.75, 3.05) is 31.4 Å². The third kappa shape index (κ3) is 3.88. The summed E-state index contributed by atoms with van der Waals surface area (Å²) in [5.74, 6) is 0.834. The van der Waals surface area contributed by atoms with Crippen molar-refractivity contribution < 1.29 is 9.09 Å². The van der Waals surface area contributed by atoms with Crippen LogP contribution in [0.2, 0.25) is 0 Å². The Morgan fingerprint density at radius 1 is 1.47 bits per heavy atom. The summed E-state index contributed by atoms with van der Waals surface area (Å²) in [5, 5.41) is 2.94. The van der Waals surface area contributed by atoms with E-state index in [1.54, 1.807) is 4.67 Å². The Balaban J connectivity index is 2.66. The minimum atomic E-state index is -2.90. The van der Waals surface area contributed by atoms with Gasteiger partial charge in [0.2, 0.25) is 0 Å². The molecule has 4 nitrogen and oxygen atoms in total. The molecular weight excluding hydrogens is 258 g/mol. The Bertz CT molecular complexity index is 237. The van der Waals surface area contributed by atoms with Gasteiger partial charge in [0, 0.05) is 31.4 Å². The van der Waals surface area contributed by atoms with Crippen LogP contribution in [0, 0.1) is 0 Å². The van der Waals surface area contributed by atoms with Gasteiger partial charge in [-0.3, -0.25) is 4.57 Å². The minimum absolute atomic E-state index is 0.0187. The molecule has 0 spiro atoms. The fourth-order valence-corrected chi connectivity index (χ4v) is 4.26. The Hall–Kier alpha value is 0.690. The van der Waals surface area contributed by atoms with E-state index >= 15 is 0 Å². The van der Waals surface area contributed by atoms with Gasteiger partial charge < -0.3 is 4.52 Å². The van der Waals surface area contributed by atoms with Crippen LogP contribution < -0.4 is 5.09 Å². The fraction of sp³-hybridized carbons (Fsp3) is 1.00. The zero-order valence-corrected chi connectivity index (χ0v) is 11.2. The van der Waals surface area contributed by atoms with Crippen molar-refractivity contribution in [3.63, 3.8) is 0 Å². The lowest BCUT2D eigenvalue weighted by atomic mass is 10.3. The predicted octanol–water partition coefficient (Wildman–Crippen LogP) is 2.27. The summed E-state index contributed by atoms with van der Waals surface area (Å²) in [7, 11) is -2.90. The molecule has 1 saturated heterocycles. The smallest absolute Gasteiger partial charge is 0.303 e. The standard InChI is InChI=1S/C8H17Cl2N2O2P/c1-8-2-5-11-15(13,14-8)12(6-3-9)7-4-10/h8H,2-7H2,1H3,(H,11,13)/t8-,15+/m1/s1. The summed E-state index contributed by atoms with van der Waals surface area (Å²) in [6, 6.07) is 0. The van der Waals surface area contributed by atoms with E-state index in [1.165, 1.54) is 0 Å². The van der Waals surface area contributed by atoms with Gasteiger partial charge in [0.1, 0.15) is 0 Å². The largest absolute Gasteiger partial charge is 0.343 e. The van der Waals surface area contributed by atoms with Crippen LogP contribution in [0.1, 0.15) is 13.3 Å². The summed E-state index contributed by atoms with van der Waals surface area (Å²) >= 11 is 11.3. The second kappa shape index (κ2) is 6.43. The van der Waals surface area contributed by atoms with Gasteiger partial charge in [-0.15, -0.1) is 23.2 Å². The van der Waals surface area contributed by atoms with Gasteiger partial charge in [-0.1, -0.05) is 0 Å². The molecule has 2 atom stereocenters. The molecule has 1 aliphatic heterocycles. The molecule has 0 bridgehead atoms. The highest BCUT2D eigenvalue weighted by Crippen LogP contribution is 2.49. The number of halogens is 2. The van der Waals surface area contributed by atoms with E-state index in [9.17, 15) is 4.57 Å². The quantitative estimate of drug-likeness (QED) is 0.617. The zero-order valence-electron chi connectivity index (χ0n) is 8.79. The van der Waals surface area contributed by atoms with Crippen LogP contribution in [-0.2, 0) is 9.09 Å². The molecule has 0 radical (unpaired) electrons. The first-order chi connectivity index (χ1) is 7.12. The predicted molar refractivity (Wildman–Crippen MR) is 63.8 cm³/mol. The molecule has 7 heteroatoms. The first-order valence-corrected chi connectivity index (χ1v) is 7.68. The van der Waals surface area contributed by atoms with Crippen molar-refractivity contribution in [2.45, 2.75) is 19.4 Å². The van der Waals surface area contributed by atoms with E-state index in [2.05, 4.69) is 5.09 Å². The van der Waals surface area contributed by atoms with Crippen molar-refractivity contribution in [3.8, 4) is 0 Å². The van der Waals surface area contributed by atoms with Crippen LogP contribution in [0.15, 0.2) is 0 Å². The molecule has 0 amide bonds. The van der Waals surface area contributed by atoms with Crippen molar-refractivity contribution in [1.29, 1.82) is 0 Å².